The van der Waals surface area contributed by atoms with Crippen LogP contribution in [0, 0.1) is 5.92 Å². The molecule has 0 bridgehead atoms. The number of aromatic carboxylic acids is 1. The maximum Gasteiger partial charge on any atom is 0.335 e. The molecule has 1 aromatic rings. The summed E-state index contributed by atoms with van der Waals surface area (Å²) in [7, 11) is 0. The first-order valence-corrected chi connectivity index (χ1v) is 7.70. The lowest BCUT2D eigenvalue weighted by Crippen LogP contribution is -2.18. The molecule has 1 saturated carbocycles. The van der Waals surface area contributed by atoms with Gasteiger partial charge in [-0.3, -0.25) is 4.79 Å². The lowest BCUT2D eigenvalue weighted by atomic mass is 9.93. The maximum absolute atomic E-state index is 11.6. The molecule has 1 aliphatic heterocycles. The van der Waals surface area contributed by atoms with Crippen LogP contribution in [0.4, 0.5) is 0 Å². The highest BCUT2D eigenvalue weighted by molar-refractivity contribution is 8.01. The third kappa shape index (κ3) is 2.54. The minimum absolute atomic E-state index is 0.105. The molecular weight excluding hydrogens is 276 g/mol. The van der Waals surface area contributed by atoms with E-state index < -0.39 is 5.97 Å². The van der Waals surface area contributed by atoms with Crippen LogP contribution in [0.25, 0.3) is 0 Å². The number of rotatable bonds is 4. The van der Waals surface area contributed by atoms with Crippen LogP contribution in [0.15, 0.2) is 24.3 Å². The lowest BCUT2D eigenvalue weighted by molar-refractivity contribution is -0.142. The van der Waals surface area contributed by atoms with Gasteiger partial charge in [-0.25, -0.2) is 4.79 Å². The van der Waals surface area contributed by atoms with Gasteiger partial charge in [0.25, 0.3) is 0 Å². The van der Waals surface area contributed by atoms with Crippen LogP contribution in [0.3, 0.4) is 0 Å². The average molecular weight is 292 g/mol. The van der Waals surface area contributed by atoms with E-state index in [1.807, 2.05) is 13.0 Å². The van der Waals surface area contributed by atoms with E-state index in [1.165, 1.54) is 11.8 Å². The number of hydrogen-bond donors (Lipinski definition) is 1. The molecule has 20 heavy (non-hydrogen) atoms. The minimum Gasteiger partial charge on any atom is -0.478 e. The summed E-state index contributed by atoms with van der Waals surface area (Å²) in [6, 6.07) is 7.00. The first-order chi connectivity index (χ1) is 9.56. The Morgan fingerprint density at radius 2 is 2.20 bits per heavy atom. The van der Waals surface area contributed by atoms with Gasteiger partial charge in [0.1, 0.15) is 5.25 Å². The molecule has 106 valence electrons. The van der Waals surface area contributed by atoms with Crippen LogP contribution in [0.5, 0.6) is 0 Å². The number of carboxylic acid groups (broad SMARTS) is 1. The summed E-state index contributed by atoms with van der Waals surface area (Å²) >= 11 is 1.54. The number of carbonyl (C=O) groups is 2. The monoisotopic (exact) mass is 292 g/mol. The maximum atomic E-state index is 11.6. The SMILES string of the molecule is C[C@@H]1S[C@H](C(c2cccc(C(=O)O)c2)C2CC2)OC1=O. The molecule has 0 amide bonds. The van der Waals surface area contributed by atoms with Gasteiger partial charge < -0.3 is 9.84 Å². The van der Waals surface area contributed by atoms with Crippen molar-refractivity contribution in [3.05, 3.63) is 35.4 Å². The molecule has 1 aliphatic carbocycles. The Morgan fingerprint density at radius 1 is 1.45 bits per heavy atom. The highest BCUT2D eigenvalue weighted by atomic mass is 32.2. The summed E-state index contributed by atoms with van der Waals surface area (Å²) in [5, 5.41) is 8.97. The van der Waals surface area contributed by atoms with Crippen molar-refractivity contribution in [2.45, 2.75) is 36.4 Å². The van der Waals surface area contributed by atoms with Crippen molar-refractivity contribution < 1.29 is 19.4 Å². The summed E-state index contributed by atoms with van der Waals surface area (Å²) in [4.78, 5) is 22.7. The molecule has 3 atom stereocenters. The Morgan fingerprint density at radius 3 is 2.75 bits per heavy atom. The van der Waals surface area contributed by atoms with E-state index in [0.717, 1.165) is 18.4 Å². The third-order valence-electron chi connectivity index (χ3n) is 3.84. The third-order valence-corrected chi connectivity index (χ3v) is 5.10. The van der Waals surface area contributed by atoms with E-state index in [9.17, 15) is 9.59 Å². The number of hydrogen-bond acceptors (Lipinski definition) is 4. The number of carbonyl (C=O) groups excluding carboxylic acids is 1. The number of benzene rings is 1. The van der Waals surface area contributed by atoms with E-state index in [0.29, 0.717) is 5.92 Å². The van der Waals surface area contributed by atoms with E-state index in [4.69, 9.17) is 9.84 Å². The van der Waals surface area contributed by atoms with Gasteiger partial charge >= 0.3 is 11.9 Å². The van der Waals surface area contributed by atoms with Gasteiger partial charge in [0.05, 0.1) is 5.56 Å². The second-order valence-corrected chi connectivity index (χ2v) is 6.82. The van der Waals surface area contributed by atoms with Gasteiger partial charge in [0.2, 0.25) is 0 Å². The molecule has 4 nitrogen and oxygen atoms in total. The Kier molecular flexibility index (Phi) is 3.46. The Labute approximate surface area is 121 Å². The number of thioether (sulfide) groups is 1. The second kappa shape index (κ2) is 5.13. The molecule has 1 N–H and O–H groups in total. The molecule has 0 spiro atoms. The number of esters is 1. The van der Waals surface area contributed by atoms with Crippen molar-refractivity contribution in [1.82, 2.24) is 0 Å². The zero-order valence-corrected chi connectivity index (χ0v) is 11.9. The van der Waals surface area contributed by atoms with Crippen molar-refractivity contribution in [3.63, 3.8) is 0 Å². The van der Waals surface area contributed by atoms with E-state index >= 15 is 0 Å². The van der Waals surface area contributed by atoms with Crippen molar-refractivity contribution in [2.24, 2.45) is 5.92 Å². The largest absolute Gasteiger partial charge is 0.478 e. The summed E-state index contributed by atoms with van der Waals surface area (Å²) in [5.41, 5.74) is 1.07. The van der Waals surface area contributed by atoms with Gasteiger partial charge in [-0.1, -0.05) is 12.1 Å². The number of ether oxygens (including phenoxy) is 1. The van der Waals surface area contributed by atoms with Gasteiger partial charge in [0, 0.05) is 5.92 Å². The van der Waals surface area contributed by atoms with Crippen LogP contribution in [0.2, 0.25) is 0 Å². The van der Waals surface area contributed by atoms with Gasteiger partial charge in [0.15, 0.2) is 5.44 Å². The molecule has 1 heterocycles. The Bertz CT molecular complexity index is 553. The molecule has 2 fully saturated rings. The van der Waals surface area contributed by atoms with Crippen molar-refractivity contribution >= 4 is 23.7 Å². The molecule has 5 heteroatoms. The van der Waals surface area contributed by atoms with Crippen molar-refractivity contribution in [2.75, 3.05) is 0 Å². The molecule has 1 unspecified atom stereocenters. The Balaban J connectivity index is 1.89. The predicted octanol–water partition coefficient (Wildman–Crippen LogP) is 2.88. The average Bonchev–Trinajstić information content (AvgIpc) is 3.18. The summed E-state index contributed by atoms with van der Waals surface area (Å²) < 4.78 is 5.47. The standard InChI is InChI=1S/C15H16O4S/c1-8-14(18)19-15(20-8)12(9-5-6-9)10-3-2-4-11(7-10)13(16)17/h2-4,7-9,12,15H,5-6H2,1H3,(H,16,17)/t8-,12?,15+/m0/s1. The molecule has 2 aliphatic rings. The van der Waals surface area contributed by atoms with Crippen molar-refractivity contribution in [1.29, 1.82) is 0 Å². The Hall–Kier alpha value is -1.49. The topological polar surface area (TPSA) is 63.6 Å². The minimum atomic E-state index is -0.925. The summed E-state index contributed by atoms with van der Waals surface area (Å²) in [5.74, 6) is -0.492. The summed E-state index contributed by atoms with van der Waals surface area (Å²) in [6.07, 6.45) is 2.23. The number of cyclic esters (lactones) is 1. The van der Waals surface area contributed by atoms with Crippen molar-refractivity contribution in [3.8, 4) is 0 Å². The first kappa shape index (κ1) is 13.5. The summed E-state index contributed by atoms with van der Waals surface area (Å²) in [6.45, 7) is 1.85. The van der Waals surface area contributed by atoms with Crippen LogP contribution >= 0.6 is 11.8 Å². The molecule has 0 radical (unpaired) electrons. The molecule has 1 saturated heterocycles. The van der Waals surface area contributed by atoms with Crippen LogP contribution < -0.4 is 0 Å². The lowest BCUT2D eigenvalue weighted by Gasteiger charge is -2.22. The van der Waals surface area contributed by atoms with E-state index in [1.54, 1.807) is 18.2 Å². The van der Waals surface area contributed by atoms with E-state index in [-0.39, 0.29) is 28.1 Å². The zero-order chi connectivity index (χ0) is 14.3. The van der Waals surface area contributed by atoms with Crippen LogP contribution in [-0.4, -0.2) is 27.7 Å². The highest BCUT2D eigenvalue weighted by Gasteiger charge is 2.44. The fraction of sp³-hybridized carbons (Fsp3) is 0.467. The zero-order valence-electron chi connectivity index (χ0n) is 11.1. The number of carboxylic acids is 1. The van der Waals surface area contributed by atoms with Gasteiger partial charge in [-0.15, -0.1) is 11.8 Å². The fourth-order valence-corrected chi connectivity index (χ4v) is 3.91. The highest BCUT2D eigenvalue weighted by Crippen LogP contribution is 2.50. The smallest absolute Gasteiger partial charge is 0.335 e. The quantitative estimate of drug-likeness (QED) is 0.864. The normalized spacial score (nSPS) is 27.1. The van der Waals surface area contributed by atoms with E-state index in [2.05, 4.69) is 0 Å². The molecule has 3 rings (SSSR count). The van der Waals surface area contributed by atoms with Crippen LogP contribution in [-0.2, 0) is 9.53 Å². The van der Waals surface area contributed by atoms with Gasteiger partial charge in [-0.05, 0) is 43.4 Å². The molecule has 0 aromatic heterocycles. The molecular formula is C15H16O4S. The van der Waals surface area contributed by atoms with Gasteiger partial charge in [-0.2, -0.15) is 0 Å². The van der Waals surface area contributed by atoms with Crippen LogP contribution in [0.1, 0.15) is 41.6 Å². The fourth-order valence-electron chi connectivity index (χ4n) is 2.64. The predicted molar refractivity (Wildman–Crippen MR) is 75.8 cm³/mol. The first-order valence-electron chi connectivity index (χ1n) is 6.75. The molecule has 1 aromatic carbocycles. The second-order valence-electron chi connectivity index (χ2n) is 5.38.